The normalized spacial score (nSPS) is 10.8. The van der Waals surface area contributed by atoms with E-state index in [1.54, 1.807) is 6.20 Å². The average Bonchev–Trinajstić information content (AvgIpc) is 2.45. The van der Waals surface area contributed by atoms with Gasteiger partial charge in [0.15, 0.2) is 0 Å². The Bertz CT molecular complexity index is 538. The Morgan fingerprint density at radius 1 is 1.15 bits per heavy atom. The van der Waals surface area contributed by atoms with Crippen LogP contribution in [0.1, 0.15) is 30.7 Å². The molecule has 0 fully saturated rings. The molecule has 0 amide bonds. The van der Waals surface area contributed by atoms with Gasteiger partial charge in [0.1, 0.15) is 12.4 Å². The number of rotatable bonds is 6. The van der Waals surface area contributed by atoms with Crippen LogP contribution in [0.4, 0.5) is 0 Å². The third kappa shape index (κ3) is 4.07. The van der Waals surface area contributed by atoms with Gasteiger partial charge in [-0.05, 0) is 24.6 Å². The van der Waals surface area contributed by atoms with Crippen LogP contribution in [0.2, 0.25) is 0 Å². The number of pyridine rings is 1. The zero-order valence-electron chi connectivity index (χ0n) is 12.4. The lowest BCUT2D eigenvalue weighted by Crippen LogP contribution is -2.22. The van der Waals surface area contributed by atoms with Crippen LogP contribution < -0.4 is 10.1 Å². The van der Waals surface area contributed by atoms with E-state index in [-0.39, 0.29) is 0 Å². The molecule has 0 aliphatic heterocycles. The number of hydrogen-bond acceptors (Lipinski definition) is 3. The lowest BCUT2D eigenvalue weighted by atomic mass is 10.1. The summed E-state index contributed by atoms with van der Waals surface area (Å²) in [6.07, 6.45) is 1.79. The zero-order valence-corrected chi connectivity index (χ0v) is 12.4. The van der Waals surface area contributed by atoms with Gasteiger partial charge in [-0.25, -0.2) is 0 Å². The minimum atomic E-state index is 0.458. The van der Waals surface area contributed by atoms with Gasteiger partial charge in [0, 0.05) is 24.3 Å². The molecular formula is C17H22N2O. The molecule has 0 aliphatic rings. The highest BCUT2D eigenvalue weighted by molar-refractivity contribution is 5.40. The van der Waals surface area contributed by atoms with E-state index in [1.807, 2.05) is 18.2 Å². The number of para-hydroxylation sites is 1. The van der Waals surface area contributed by atoms with Crippen molar-refractivity contribution in [2.24, 2.45) is 0 Å². The molecule has 3 nitrogen and oxygen atoms in total. The number of ether oxygens (including phenoxy) is 1. The third-order valence-corrected chi connectivity index (χ3v) is 3.08. The van der Waals surface area contributed by atoms with Gasteiger partial charge in [-0.2, -0.15) is 0 Å². The van der Waals surface area contributed by atoms with Crippen molar-refractivity contribution in [3.63, 3.8) is 0 Å². The van der Waals surface area contributed by atoms with Crippen LogP contribution in [0.25, 0.3) is 0 Å². The van der Waals surface area contributed by atoms with Crippen molar-refractivity contribution in [3.05, 3.63) is 59.4 Å². The van der Waals surface area contributed by atoms with E-state index in [0.717, 1.165) is 23.6 Å². The second-order valence-corrected chi connectivity index (χ2v) is 5.21. The Morgan fingerprint density at radius 3 is 2.70 bits per heavy atom. The molecule has 3 heteroatoms. The van der Waals surface area contributed by atoms with Gasteiger partial charge < -0.3 is 10.1 Å². The monoisotopic (exact) mass is 270 g/mol. The molecule has 1 heterocycles. The van der Waals surface area contributed by atoms with Crippen LogP contribution >= 0.6 is 0 Å². The summed E-state index contributed by atoms with van der Waals surface area (Å²) in [5.41, 5.74) is 3.29. The highest BCUT2D eigenvalue weighted by atomic mass is 16.5. The van der Waals surface area contributed by atoms with Crippen LogP contribution in [0.3, 0.4) is 0 Å². The summed E-state index contributed by atoms with van der Waals surface area (Å²) in [5, 5.41) is 3.43. The fraction of sp³-hybridized carbons (Fsp3) is 0.353. The van der Waals surface area contributed by atoms with E-state index in [0.29, 0.717) is 12.6 Å². The summed E-state index contributed by atoms with van der Waals surface area (Å²) >= 11 is 0. The quantitative estimate of drug-likeness (QED) is 0.872. The highest BCUT2D eigenvalue weighted by Gasteiger charge is 2.08. The predicted molar refractivity (Wildman–Crippen MR) is 81.7 cm³/mol. The molecular weight excluding hydrogens is 248 g/mol. The summed E-state index contributed by atoms with van der Waals surface area (Å²) in [5.74, 6) is 0.964. The number of benzene rings is 1. The summed E-state index contributed by atoms with van der Waals surface area (Å²) in [7, 11) is 0. The molecule has 0 saturated heterocycles. The first-order chi connectivity index (χ1) is 9.66. The Balaban J connectivity index is 2.09. The van der Waals surface area contributed by atoms with Crippen molar-refractivity contribution in [1.29, 1.82) is 0 Å². The fourth-order valence-electron chi connectivity index (χ4n) is 2.00. The van der Waals surface area contributed by atoms with E-state index in [2.05, 4.69) is 49.3 Å². The number of nitrogens with one attached hydrogen (secondary N) is 1. The molecule has 20 heavy (non-hydrogen) atoms. The molecule has 106 valence electrons. The first-order valence-electron chi connectivity index (χ1n) is 7.01. The molecule has 1 aromatic heterocycles. The van der Waals surface area contributed by atoms with Crippen LogP contribution in [-0.4, -0.2) is 11.0 Å². The van der Waals surface area contributed by atoms with Crippen LogP contribution in [0.15, 0.2) is 42.6 Å². The first kappa shape index (κ1) is 14.5. The van der Waals surface area contributed by atoms with E-state index < -0.39 is 0 Å². The van der Waals surface area contributed by atoms with Gasteiger partial charge in [-0.3, -0.25) is 4.98 Å². The van der Waals surface area contributed by atoms with Gasteiger partial charge in [-0.15, -0.1) is 0 Å². The smallest absolute Gasteiger partial charge is 0.130 e. The van der Waals surface area contributed by atoms with Crippen molar-refractivity contribution in [3.8, 4) is 5.75 Å². The molecule has 0 bridgehead atoms. The molecule has 2 rings (SSSR count). The molecule has 0 aliphatic carbocycles. The van der Waals surface area contributed by atoms with Gasteiger partial charge >= 0.3 is 0 Å². The van der Waals surface area contributed by atoms with Gasteiger partial charge in [0.05, 0.1) is 5.69 Å². The van der Waals surface area contributed by atoms with E-state index in [9.17, 15) is 0 Å². The van der Waals surface area contributed by atoms with E-state index in [1.165, 1.54) is 5.56 Å². The minimum absolute atomic E-state index is 0.458. The summed E-state index contributed by atoms with van der Waals surface area (Å²) in [6, 6.07) is 12.6. The Labute approximate surface area is 121 Å². The lowest BCUT2D eigenvalue weighted by molar-refractivity contribution is 0.295. The molecule has 2 aromatic rings. The lowest BCUT2D eigenvalue weighted by Gasteiger charge is -2.15. The maximum Gasteiger partial charge on any atom is 0.130 e. The van der Waals surface area contributed by atoms with Crippen molar-refractivity contribution >= 4 is 0 Å². The largest absolute Gasteiger partial charge is 0.487 e. The Kier molecular flexibility index (Phi) is 5.13. The van der Waals surface area contributed by atoms with E-state index >= 15 is 0 Å². The fourth-order valence-corrected chi connectivity index (χ4v) is 2.00. The van der Waals surface area contributed by atoms with E-state index in [4.69, 9.17) is 4.74 Å². The summed E-state index contributed by atoms with van der Waals surface area (Å²) in [6.45, 7) is 7.68. The second kappa shape index (κ2) is 7.06. The second-order valence-electron chi connectivity index (χ2n) is 5.21. The summed E-state index contributed by atoms with van der Waals surface area (Å²) < 4.78 is 5.98. The molecule has 1 N–H and O–H groups in total. The summed E-state index contributed by atoms with van der Waals surface area (Å²) in [4.78, 5) is 4.29. The Morgan fingerprint density at radius 2 is 2.00 bits per heavy atom. The molecule has 0 spiro atoms. The number of aromatic nitrogens is 1. The average molecular weight is 270 g/mol. The van der Waals surface area contributed by atoms with Gasteiger partial charge in [-0.1, -0.05) is 38.1 Å². The van der Waals surface area contributed by atoms with Crippen LogP contribution in [0.5, 0.6) is 5.75 Å². The van der Waals surface area contributed by atoms with Crippen LogP contribution in [-0.2, 0) is 13.2 Å². The highest BCUT2D eigenvalue weighted by Crippen LogP contribution is 2.24. The maximum absolute atomic E-state index is 5.98. The molecule has 1 aromatic carbocycles. The Hall–Kier alpha value is -1.87. The first-order valence-corrected chi connectivity index (χ1v) is 7.01. The molecule has 0 saturated carbocycles. The van der Waals surface area contributed by atoms with Crippen LogP contribution in [0, 0.1) is 6.92 Å². The van der Waals surface area contributed by atoms with Crippen molar-refractivity contribution in [2.45, 2.75) is 40.0 Å². The molecule has 0 radical (unpaired) electrons. The molecule has 0 atom stereocenters. The van der Waals surface area contributed by atoms with Crippen molar-refractivity contribution in [2.75, 3.05) is 0 Å². The maximum atomic E-state index is 5.98. The topological polar surface area (TPSA) is 34.1 Å². The van der Waals surface area contributed by atoms with Crippen molar-refractivity contribution in [1.82, 2.24) is 10.3 Å². The minimum Gasteiger partial charge on any atom is -0.487 e. The SMILES string of the molecule is Cc1cccc(CNC(C)C)c1OCc1ccccn1. The predicted octanol–water partition coefficient (Wildman–Crippen LogP) is 3.47. The number of nitrogens with zero attached hydrogens (tertiary/aromatic N) is 1. The zero-order chi connectivity index (χ0) is 14.4. The number of hydrogen-bond donors (Lipinski definition) is 1. The van der Waals surface area contributed by atoms with Crippen molar-refractivity contribution < 1.29 is 4.74 Å². The van der Waals surface area contributed by atoms with Gasteiger partial charge in [0.25, 0.3) is 0 Å². The molecule has 0 unspecified atom stereocenters. The third-order valence-electron chi connectivity index (χ3n) is 3.08. The standard InChI is InChI=1S/C17H22N2O/c1-13(2)19-11-15-8-6-7-14(3)17(15)20-12-16-9-4-5-10-18-16/h4-10,13,19H,11-12H2,1-3H3. The number of aryl methyl sites for hydroxylation is 1. The van der Waals surface area contributed by atoms with Gasteiger partial charge in [0.2, 0.25) is 0 Å².